The standard InChI is InChI=1S/C18H35NO2/c1-14(17(2,3)4)12-16(19-5)15-6-9-21-18(13-15)7-10-20-11-8-18/h14-16,19H,6-13H2,1-5H3. The van der Waals surface area contributed by atoms with Gasteiger partial charge in [-0.05, 0) is 56.4 Å². The monoisotopic (exact) mass is 297 g/mol. The van der Waals surface area contributed by atoms with Gasteiger partial charge in [0.25, 0.3) is 0 Å². The van der Waals surface area contributed by atoms with E-state index in [0.717, 1.165) is 44.5 Å². The van der Waals surface area contributed by atoms with Gasteiger partial charge in [-0.15, -0.1) is 0 Å². The SMILES string of the molecule is CNC(CC(C)C(C)(C)C)C1CCOC2(CCOCC2)C1. The Morgan fingerprint density at radius 3 is 2.43 bits per heavy atom. The second kappa shape index (κ2) is 6.97. The van der Waals surface area contributed by atoms with Gasteiger partial charge in [-0.3, -0.25) is 0 Å². The topological polar surface area (TPSA) is 30.5 Å². The van der Waals surface area contributed by atoms with Crippen LogP contribution < -0.4 is 5.32 Å². The van der Waals surface area contributed by atoms with E-state index in [2.05, 4.69) is 40.1 Å². The summed E-state index contributed by atoms with van der Waals surface area (Å²) in [6.45, 7) is 12.1. The highest BCUT2D eigenvalue weighted by atomic mass is 16.5. The third-order valence-electron chi connectivity index (χ3n) is 5.96. The number of hydrogen-bond acceptors (Lipinski definition) is 3. The molecule has 0 aromatic heterocycles. The molecule has 0 aliphatic carbocycles. The van der Waals surface area contributed by atoms with Crippen LogP contribution in [0, 0.1) is 17.3 Å². The molecule has 124 valence electrons. The largest absolute Gasteiger partial charge is 0.381 e. The van der Waals surface area contributed by atoms with Crippen molar-refractivity contribution in [2.75, 3.05) is 26.9 Å². The molecular formula is C18H35NO2. The van der Waals surface area contributed by atoms with E-state index in [1.54, 1.807) is 0 Å². The Kier molecular flexibility index (Phi) is 5.72. The Morgan fingerprint density at radius 1 is 1.19 bits per heavy atom. The quantitative estimate of drug-likeness (QED) is 0.859. The molecule has 0 amide bonds. The maximum Gasteiger partial charge on any atom is 0.0729 e. The average Bonchev–Trinajstić information content (AvgIpc) is 2.44. The minimum atomic E-state index is 0.112. The maximum atomic E-state index is 6.20. The van der Waals surface area contributed by atoms with Crippen molar-refractivity contribution in [3.8, 4) is 0 Å². The van der Waals surface area contributed by atoms with Crippen molar-refractivity contribution in [3.63, 3.8) is 0 Å². The van der Waals surface area contributed by atoms with Crippen LogP contribution in [0.3, 0.4) is 0 Å². The van der Waals surface area contributed by atoms with Gasteiger partial charge in [0.1, 0.15) is 0 Å². The molecule has 3 nitrogen and oxygen atoms in total. The normalized spacial score (nSPS) is 29.3. The van der Waals surface area contributed by atoms with Gasteiger partial charge in [0, 0.05) is 25.9 Å². The highest BCUT2D eigenvalue weighted by Crippen LogP contribution is 2.40. The maximum absolute atomic E-state index is 6.20. The molecule has 0 aromatic carbocycles. The van der Waals surface area contributed by atoms with Crippen LogP contribution in [0.2, 0.25) is 0 Å². The average molecular weight is 297 g/mol. The smallest absolute Gasteiger partial charge is 0.0729 e. The molecule has 21 heavy (non-hydrogen) atoms. The third kappa shape index (κ3) is 4.43. The van der Waals surface area contributed by atoms with Crippen LogP contribution in [-0.4, -0.2) is 38.5 Å². The van der Waals surface area contributed by atoms with E-state index in [1.165, 1.54) is 19.3 Å². The van der Waals surface area contributed by atoms with Crippen molar-refractivity contribution < 1.29 is 9.47 Å². The first-order valence-electron chi connectivity index (χ1n) is 8.75. The van der Waals surface area contributed by atoms with Crippen LogP contribution >= 0.6 is 0 Å². The van der Waals surface area contributed by atoms with E-state index < -0.39 is 0 Å². The zero-order valence-electron chi connectivity index (χ0n) is 14.7. The molecule has 2 fully saturated rings. The zero-order chi connectivity index (χ0) is 15.5. The van der Waals surface area contributed by atoms with E-state index in [1.807, 2.05) is 0 Å². The first-order valence-corrected chi connectivity index (χ1v) is 8.75. The molecular weight excluding hydrogens is 262 g/mol. The predicted octanol–water partition coefficient (Wildman–Crippen LogP) is 3.62. The molecule has 3 unspecified atom stereocenters. The first kappa shape index (κ1) is 17.2. The fourth-order valence-corrected chi connectivity index (χ4v) is 3.78. The summed E-state index contributed by atoms with van der Waals surface area (Å²) in [6.07, 6.45) is 5.82. The highest BCUT2D eigenvalue weighted by molar-refractivity contribution is 4.93. The van der Waals surface area contributed by atoms with Crippen LogP contribution in [0.5, 0.6) is 0 Å². The number of rotatable bonds is 4. The summed E-state index contributed by atoms with van der Waals surface area (Å²) in [5, 5.41) is 3.61. The minimum Gasteiger partial charge on any atom is -0.381 e. The Morgan fingerprint density at radius 2 is 1.86 bits per heavy atom. The third-order valence-corrected chi connectivity index (χ3v) is 5.96. The lowest BCUT2D eigenvalue weighted by Gasteiger charge is -2.46. The van der Waals surface area contributed by atoms with Crippen LogP contribution in [0.4, 0.5) is 0 Å². The Balaban J connectivity index is 1.97. The Bertz CT molecular complexity index is 312. The number of hydrogen-bond donors (Lipinski definition) is 1. The van der Waals surface area contributed by atoms with Gasteiger partial charge in [-0.25, -0.2) is 0 Å². The van der Waals surface area contributed by atoms with Gasteiger partial charge >= 0.3 is 0 Å². The summed E-state index contributed by atoms with van der Waals surface area (Å²) in [5.41, 5.74) is 0.498. The Hall–Kier alpha value is -0.120. The summed E-state index contributed by atoms with van der Waals surface area (Å²) in [5.74, 6) is 1.47. The molecule has 0 saturated carbocycles. The van der Waals surface area contributed by atoms with Crippen molar-refractivity contribution >= 4 is 0 Å². The van der Waals surface area contributed by atoms with Gasteiger partial charge < -0.3 is 14.8 Å². The molecule has 0 bridgehead atoms. The molecule has 3 heteroatoms. The van der Waals surface area contributed by atoms with Crippen molar-refractivity contribution in [3.05, 3.63) is 0 Å². The molecule has 2 heterocycles. The molecule has 2 aliphatic heterocycles. The molecule has 3 atom stereocenters. The lowest BCUT2D eigenvalue weighted by atomic mass is 9.72. The molecule has 1 N–H and O–H groups in total. The molecule has 2 rings (SSSR count). The van der Waals surface area contributed by atoms with Crippen molar-refractivity contribution in [2.45, 2.75) is 71.4 Å². The van der Waals surface area contributed by atoms with Crippen LogP contribution in [-0.2, 0) is 9.47 Å². The molecule has 0 radical (unpaired) electrons. The summed E-state index contributed by atoms with van der Waals surface area (Å²) in [4.78, 5) is 0. The summed E-state index contributed by atoms with van der Waals surface area (Å²) >= 11 is 0. The second-order valence-corrected chi connectivity index (χ2v) is 8.29. The fraction of sp³-hybridized carbons (Fsp3) is 1.00. The van der Waals surface area contributed by atoms with Gasteiger partial charge in [0.2, 0.25) is 0 Å². The summed E-state index contributed by atoms with van der Waals surface area (Å²) in [6, 6.07) is 0.614. The van der Waals surface area contributed by atoms with E-state index in [0.29, 0.717) is 11.5 Å². The van der Waals surface area contributed by atoms with Gasteiger partial charge in [-0.2, -0.15) is 0 Å². The van der Waals surface area contributed by atoms with Crippen LogP contribution in [0.15, 0.2) is 0 Å². The highest BCUT2D eigenvalue weighted by Gasteiger charge is 2.41. The first-order chi connectivity index (χ1) is 9.86. The van der Waals surface area contributed by atoms with Gasteiger partial charge in [-0.1, -0.05) is 27.7 Å². The van der Waals surface area contributed by atoms with Crippen molar-refractivity contribution in [1.82, 2.24) is 5.32 Å². The molecule has 0 aromatic rings. The van der Waals surface area contributed by atoms with Crippen LogP contribution in [0.1, 0.15) is 59.8 Å². The molecule has 2 aliphatic rings. The van der Waals surface area contributed by atoms with E-state index in [9.17, 15) is 0 Å². The summed E-state index contributed by atoms with van der Waals surface area (Å²) in [7, 11) is 2.13. The molecule has 1 spiro atoms. The second-order valence-electron chi connectivity index (χ2n) is 8.29. The van der Waals surface area contributed by atoms with Gasteiger partial charge in [0.05, 0.1) is 5.60 Å². The van der Waals surface area contributed by atoms with Crippen molar-refractivity contribution in [2.24, 2.45) is 17.3 Å². The number of nitrogens with one attached hydrogen (secondary N) is 1. The lowest BCUT2D eigenvalue weighted by Crippen LogP contribution is -2.49. The lowest BCUT2D eigenvalue weighted by molar-refractivity contribution is -0.150. The van der Waals surface area contributed by atoms with Crippen molar-refractivity contribution in [1.29, 1.82) is 0 Å². The minimum absolute atomic E-state index is 0.112. The summed E-state index contributed by atoms with van der Waals surface area (Å²) < 4.78 is 11.7. The van der Waals surface area contributed by atoms with E-state index in [-0.39, 0.29) is 5.60 Å². The Labute approximate surface area is 131 Å². The van der Waals surface area contributed by atoms with Gasteiger partial charge in [0.15, 0.2) is 0 Å². The molecule has 2 saturated heterocycles. The van der Waals surface area contributed by atoms with Crippen LogP contribution in [0.25, 0.3) is 0 Å². The fourth-order valence-electron chi connectivity index (χ4n) is 3.78. The predicted molar refractivity (Wildman–Crippen MR) is 87.5 cm³/mol. The number of ether oxygens (including phenoxy) is 2. The zero-order valence-corrected chi connectivity index (χ0v) is 14.7. The van der Waals surface area contributed by atoms with E-state index in [4.69, 9.17) is 9.47 Å². The van der Waals surface area contributed by atoms with E-state index >= 15 is 0 Å².